The molecule has 2 N–H and O–H groups in total. The first-order chi connectivity index (χ1) is 12.7. The third-order valence-corrected chi connectivity index (χ3v) is 4.26. The third-order valence-electron chi connectivity index (χ3n) is 3.16. The molecule has 0 aliphatic carbocycles. The number of hydrogen-bond acceptors (Lipinski definition) is 7. The van der Waals surface area contributed by atoms with Crippen molar-refractivity contribution in [1.29, 1.82) is 0 Å². The molecule has 0 aliphatic rings. The first kappa shape index (κ1) is 20.9. The Morgan fingerprint density at radius 1 is 1.37 bits per heavy atom. The highest BCUT2D eigenvalue weighted by molar-refractivity contribution is 7.13. The Morgan fingerprint density at radius 2 is 2.11 bits per heavy atom. The minimum atomic E-state index is -4.53. The van der Waals surface area contributed by atoms with E-state index < -0.39 is 17.7 Å². The van der Waals surface area contributed by atoms with E-state index in [0.717, 1.165) is 17.4 Å². The van der Waals surface area contributed by atoms with Crippen LogP contribution in [0.3, 0.4) is 0 Å². The van der Waals surface area contributed by atoms with Gasteiger partial charge in [-0.2, -0.15) is 13.2 Å². The Balaban J connectivity index is 1.82. The summed E-state index contributed by atoms with van der Waals surface area (Å²) in [5, 5.41) is 7.00. The molecule has 0 aromatic carbocycles. The number of esters is 1. The lowest BCUT2D eigenvalue weighted by atomic mass is 10.2. The average molecular weight is 423 g/mol. The number of thiazole rings is 1. The van der Waals surface area contributed by atoms with Crippen LogP contribution in [0.1, 0.15) is 17.7 Å². The van der Waals surface area contributed by atoms with Crippen molar-refractivity contribution in [2.45, 2.75) is 19.0 Å². The van der Waals surface area contributed by atoms with Gasteiger partial charge in [0.25, 0.3) is 0 Å². The minimum Gasteiger partial charge on any atom is -0.469 e. The number of pyridine rings is 1. The standard InChI is InChI=1S/C15H14ClF3N4O3S/c1-26-12(25)5-9-7-27-14(22-9)23-11(24)2-3-20-13-10(16)4-8(6-21-13)15(17,18)19/h4,6-7H,2-3,5H2,1H3,(H,20,21)(H,22,23,24). The van der Waals surface area contributed by atoms with E-state index in [4.69, 9.17) is 11.6 Å². The van der Waals surface area contributed by atoms with Crippen LogP contribution in [-0.4, -0.2) is 35.5 Å². The SMILES string of the molecule is COC(=O)Cc1csc(NC(=O)CCNc2ncc(C(F)(F)F)cc2Cl)n1. The zero-order chi connectivity index (χ0) is 20.0. The molecule has 2 aromatic rings. The number of aromatic nitrogens is 2. The highest BCUT2D eigenvalue weighted by Crippen LogP contribution is 2.32. The molecule has 0 bridgehead atoms. The average Bonchev–Trinajstić information content (AvgIpc) is 3.02. The first-order valence-corrected chi connectivity index (χ1v) is 8.72. The summed E-state index contributed by atoms with van der Waals surface area (Å²) in [4.78, 5) is 30.7. The minimum absolute atomic E-state index is 0.00250. The molecule has 0 saturated heterocycles. The molecule has 7 nitrogen and oxygen atoms in total. The van der Waals surface area contributed by atoms with Gasteiger partial charge in [-0.15, -0.1) is 11.3 Å². The molecule has 0 aliphatic heterocycles. The molecule has 0 spiro atoms. The van der Waals surface area contributed by atoms with Gasteiger partial charge in [0, 0.05) is 24.5 Å². The number of carbonyl (C=O) groups is 2. The summed E-state index contributed by atoms with van der Waals surface area (Å²) in [6.45, 7) is 0.101. The van der Waals surface area contributed by atoms with Crippen LogP contribution in [0.15, 0.2) is 17.6 Å². The summed E-state index contributed by atoms with van der Waals surface area (Å²) in [6, 6.07) is 0.759. The van der Waals surface area contributed by atoms with E-state index in [1.807, 2.05) is 0 Å². The number of ether oxygens (including phenoxy) is 1. The van der Waals surface area contributed by atoms with Gasteiger partial charge >= 0.3 is 12.1 Å². The number of amides is 1. The van der Waals surface area contributed by atoms with E-state index in [1.54, 1.807) is 5.38 Å². The second-order valence-electron chi connectivity index (χ2n) is 5.17. The molecule has 0 atom stereocenters. The molecule has 0 fully saturated rings. The van der Waals surface area contributed by atoms with Gasteiger partial charge in [0.15, 0.2) is 5.13 Å². The number of rotatable bonds is 7. The van der Waals surface area contributed by atoms with Gasteiger partial charge < -0.3 is 15.4 Å². The van der Waals surface area contributed by atoms with Gasteiger partial charge in [-0.25, -0.2) is 9.97 Å². The summed E-state index contributed by atoms with van der Waals surface area (Å²) in [5.74, 6) is -0.764. The van der Waals surface area contributed by atoms with E-state index in [2.05, 4.69) is 25.3 Å². The number of alkyl halides is 3. The Labute approximate surface area is 160 Å². The molecule has 2 rings (SSSR count). The lowest BCUT2D eigenvalue weighted by molar-refractivity contribution is -0.140. The number of anilines is 2. The van der Waals surface area contributed by atoms with Crippen molar-refractivity contribution in [3.8, 4) is 0 Å². The van der Waals surface area contributed by atoms with Crippen molar-refractivity contribution in [1.82, 2.24) is 9.97 Å². The number of nitrogens with one attached hydrogen (secondary N) is 2. The van der Waals surface area contributed by atoms with Crippen LogP contribution in [0.4, 0.5) is 24.1 Å². The van der Waals surface area contributed by atoms with Gasteiger partial charge in [0.2, 0.25) is 5.91 Å². The Hall–Kier alpha value is -2.40. The molecule has 0 radical (unpaired) electrons. The fourth-order valence-electron chi connectivity index (χ4n) is 1.86. The Bertz CT molecular complexity index is 829. The lowest BCUT2D eigenvalue weighted by Gasteiger charge is -2.10. The zero-order valence-electron chi connectivity index (χ0n) is 13.9. The van der Waals surface area contributed by atoms with Crippen molar-refractivity contribution in [2.24, 2.45) is 0 Å². The number of halogens is 4. The molecule has 0 unspecified atom stereocenters. The van der Waals surface area contributed by atoms with Crippen LogP contribution in [0, 0.1) is 0 Å². The normalized spacial score (nSPS) is 11.1. The molecular weight excluding hydrogens is 409 g/mol. The summed E-state index contributed by atoms with van der Waals surface area (Å²) >= 11 is 6.92. The van der Waals surface area contributed by atoms with Crippen LogP contribution in [0.2, 0.25) is 5.02 Å². The monoisotopic (exact) mass is 422 g/mol. The Kier molecular flexibility index (Phi) is 6.97. The van der Waals surface area contributed by atoms with Crippen LogP contribution >= 0.6 is 22.9 Å². The van der Waals surface area contributed by atoms with Crippen LogP contribution < -0.4 is 10.6 Å². The highest BCUT2D eigenvalue weighted by Gasteiger charge is 2.31. The predicted octanol–water partition coefficient (Wildman–Crippen LogP) is 3.37. The molecular formula is C15H14ClF3N4O3S. The number of nitrogens with zero attached hydrogens (tertiary/aromatic N) is 2. The quantitative estimate of drug-likeness (QED) is 0.664. The third kappa shape index (κ3) is 6.36. The maximum Gasteiger partial charge on any atom is 0.417 e. The highest BCUT2D eigenvalue weighted by atomic mass is 35.5. The van der Waals surface area contributed by atoms with Crippen LogP contribution in [0.5, 0.6) is 0 Å². The van der Waals surface area contributed by atoms with Gasteiger partial charge in [-0.3, -0.25) is 9.59 Å². The fraction of sp³-hybridized carbons (Fsp3) is 0.333. The molecule has 0 saturated carbocycles. The molecule has 12 heteroatoms. The summed E-state index contributed by atoms with van der Waals surface area (Å²) in [6.07, 6.45) is -3.87. The summed E-state index contributed by atoms with van der Waals surface area (Å²) in [7, 11) is 1.27. The van der Waals surface area contributed by atoms with Gasteiger partial charge in [0.1, 0.15) is 5.82 Å². The maximum absolute atomic E-state index is 12.6. The van der Waals surface area contributed by atoms with E-state index in [-0.39, 0.29) is 36.1 Å². The molecule has 1 amide bonds. The predicted molar refractivity (Wildman–Crippen MR) is 93.8 cm³/mol. The van der Waals surface area contributed by atoms with Gasteiger partial charge in [-0.1, -0.05) is 11.6 Å². The zero-order valence-corrected chi connectivity index (χ0v) is 15.5. The largest absolute Gasteiger partial charge is 0.469 e. The van der Waals surface area contributed by atoms with Gasteiger partial charge in [0.05, 0.1) is 29.8 Å². The van der Waals surface area contributed by atoms with Crippen molar-refractivity contribution in [2.75, 3.05) is 24.3 Å². The molecule has 146 valence electrons. The van der Waals surface area contributed by atoms with E-state index in [9.17, 15) is 22.8 Å². The van der Waals surface area contributed by atoms with Crippen LogP contribution in [0.25, 0.3) is 0 Å². The number of carbonyl (C=O) groups excluding carboxylic acids is 2. The van der Waals surface area contributed by atoms with Gasteiger partial charge in [-0.05, 0) is 6.07 Å². The van der Waals surface area contributed by atoms with Crippen LogP contribution in [-0.2, 0) is 26.9 Å². The molecule has 2 heterocycles. The summed E-state index contributed by atoms with van der Waals surface area (Å²) < 4.78 is 42.2. The van der Waals surface area contributed by atoms with E-state index >= 15 is 0 Å². The maximum atomic E-state index is 12.6. The molecule has 27 heavy (non-hydrogen) atoms. The first-order valence-electron chi connectivity index (χ1n) is 7.46. The topological polar surface area (TPSA) is 93.2 Å². The van der Waals surface area contributed by atoms with Crippen molar-refractivity contribution in [3.05, 3.63) is 33.9 Å². The smallest absolute Gasteiger partial charge is 0.417 e. The Morgan fingerprint density at radius 3 is 2.74 bits per heavy atom. The van der Waals surface area contributed by atoms with Crippen molar-refractivity contribution in [3.63, 3.8) is 0 Å². The number of hydrogen-bond donors (Lipinski definition) is 2. The molecule has 2 aromatic heterocycles. The fourth-order valence-corrected chi connectivity index (χ4v) is 2.82. The van der Waals surface area contributed by atoms with Crippen molar-refractivity contribution >= 4 is 45.8 Å². The lowest BCUT2D eigenvalue weighted by Crippen LogP contribution is -2.17. The van der Waals surface area contributed by atoms with E-state index in [0.29, 0.717) is 17.0 Å². The second-order valence-corrected chi connectivity index (χ2v) is 6.44. The second kappa shape index (κ2) is 9.00. The van der Waals surface area contributed by atoms with Crippen molar-refractivity contribution < 1.29 is 27.5 Å². The number of methoxy groups -OCH3 is 1. The van der Waals surface area contributed by atoms with E-state index in [1.165, 1.54) is 7.11 Å². The summed E-state index contributed by atoms with van der Waals surface area (Å²) in [5.41, 5.74) is -0.483.